The average molecular weight is 326 g/mol. The lowest BCUT2D eigenvalue weighted by Gasteiger charge is -2.30. The smallest absolute Gasteiger partial charge is 0.407 e. The van der Waals surface area contributed by atoms with Gasteiger partial charge in [0, 0.05) is 6.54 Å². The molecule has 0 aliphatic carbocycles. The van der Waals surface area contributed by atoms with E-state index in [1.165, 1.54) is 0 Å². The Morgan fingerprint density at radius 3 is 2.46 bits per heavy atom. The first-order valence-electron chi connectivity index (χ1n) is 7.67. The first-order valence-corrected chi connectivity index (χ1v) is 7.67. The zero-order valence-electron chi connectivity index (χ0n) is 12.9. The molecule has 0 radical (unpaired) electrons. The van der Waals surface area contributed by atoms with Gasteiger partial charge in [-0.2, -0.15) is 0 Å². The molecule has 3 rings (SSSR count). The number of ether oxygens (including phenoxy) is 1. The van der Waals surface area contributed by atoms with Crippen LogP contribution in [0.5, 0.6) is 0 Å². The summed E-state index contributed by atoms with van der Waals surface area (Å²) in [5.74, 6) is -0.937. The Kier molecular flexibility index (Phi) is 4.77. The minimum atomic E-state index is -0.937. The van der Waals surface area contributed by atoms with Gasteiger partial charge < -0.3 is 15.2 Å². The minimum Gasteiger partial charge on any atom is -0.480 e. The Morgan fingerprint density at radius 1 is 1.08 bits per heavy atom. The highest BCUT2D eigenvalue weighted by Gasteiger charge is 2.31. The molecule has 6 nitrogen and oxygen atoms in total. The van der Waals surface area contributed by atoms with E-state index in [0.29, 0.717) is 12.1 Å². The van der Waals surface area contributed by atoms with Crippen molar-refractivity contribution in [1.82, 2.24) is 10.6 Å². The Hall–Kier alpha value is -2.86. The maximum Gasteiger partial charge on any atom is 0.407 e. The molecule has 0 unspecified atom stereocenters. The molecule has 0 saturated heterocycles. The number of carbonyl (C=O) groups is 2. The van der Waals surface area contributed by atoms with Gasteiger partial charge in [0.1, 0.15) is 12.6 Å². The lowest BCUT2D eigenvalue weighted by molar-refractivity contribution is -0.139. The van der Waals surface area contributed by atoms with E-state index in [4.69, 9.17) is 4.74 Å². The van der Waals surface area contributed by atoms with Gasteiger partial charge in [-0.1, -0.05) is 54.6 Å². The van der Waals surface area contributed by atoms with E-state index in [-0.39, 0.29) is 12.6 Å². The van der Waals surface area contributed by atoms with Gasteiger partial charge >= 0.3 is 12.1 Å². The SMILES string of the molecule is O=C(N[C@@H]1CN[C@@H](C(=O)O)c2ccccc21)OCc1ccccc1. The summed E-state index contributed by atoms with van der Waals surface area (Å²) in [5.41, 5.74) is 2.35. The predicted molar refractivity (Wildman–Crippen MR) is 87.3 cm³/mol. The van der Waals surface area contributed by atoms with Crippen molar-refractivity contribution in [3.63, 3.8) is 0 Å². The van der Waals surface area contributed by atoms with Crippen LogP contribution in [0, 0.1) is 0 Å². The maximum atomic E-state index is 12.0. The summed E-state index contributed by atoms with van der Waals surface area (Å²) in [6.07, 6.45) is -0.533. The Morgan fingerprint density at radius 2 is 1.75 bits per heavy atom. The third-order valence-corrected chi connectivity index (χ3v) is 3.96. The molecule has 0 spiro atoms. The summed E-state index contributed by atoms with van der Waals surface area (Å²) in [6.45, 7) is 0.515. The van der Waals surface area contributed by atoms with E-state index < -0.39 is 18.1 Å². The molecule has 2 aromatic carbocycles. The monoisotopic (exact) mass is 326 g/mol. The molecule has 24 heavy (non-hydrogen) atoms. The van der Waals surface area contributed by atoms with Crippen LogP contribution in [0.3, 0.4) is 0 Å². The summed E-state index contributed by atoms with van der Waals surface area (Å²) in [4.78, 5) is 23.4. The van der Waals surface area contributed by atoms with Crippen LogP contribution >= 0.6 is 0 Å². The Balaban J connectivity index is 1.66. The number of hydrogen-bond acceptors (Lipinski definition) is 4. The second-order valence-corrected chi connectivity index (χ2v) is 5.57. The molecule has 3 N–H and O–H groups in total. The van der Waals surface area contributed by atoms with Crippen LogP contribution in [0.4, 0.5) is 4.79 Å². The molecule has 1 amide bonds. The Labute approximate surface area is 139 Å². The van der Waals surface area contributed by atoms with Crippen molar-refractivity contribution in [2.24, 2.45) is 0 Å². The van der Waals surface area contributed by atoms with E-state index >= 15 is 0 Å². The molecule has 0 bridgehead atoms. The van der Waals surface area contributed by atoms with Crippen molar-refractivity contribution in [3.05, 3.63) is 71.3 Å². The van der Waals surface area contributed by atoms with Crippen LogP contribution < -0.4 is 10.6 Å². The number of amides is 1. The molecule has 1 aliphatic heterocycles. The Bertz CT molecular complexity index is 733. The summed E-state index contributed by atoms with van der Waals surface area (Å²) >= 11 is 0. The van der Waals surface area contributed by atoms with Gasteiger partial charge in [-0.05, 0) is 16.7 Å². The second-order valence-electron chi connectivity index (χ2n) is 5.57. The molecule has 0 saturated carbocycles. The van der Waals surface area contributed by atoms with Crippen LogP contribution in [-0.2, 0) is 16.1 Å². The highest BCUT2D eigenvalue weighted by atomic mass is 16.5. The predicted octanol–water partition coefficient (Wildman–Crippen LogP) is 2.38. The number of carbonyl (C=O) groups excluding carboxylic acids is 1. The standard InChI is InChI=1S/C18H18N2O4/c21-17(22)16-14-9-5-4-8-13(14)15(10-19-16)20-18(23)24-11-12-6-2-1-3-7-12/h1-9,15-16,19H,10-11H2,(H,20,23)(H,21,22)/t15-,16-/m1/s1. The van der Waals surface area contributed by atoms with Gasteiger partial charge in [0.05, 0.1) is 6.04 Å². The number of carboxylic acid groups (broad SMARTS) is 1. The van der Waals surface area contributed by atoms with Crippen molar-refractivity contribution >= 4 is 12.1 Å². The molecule has 1 heterocycles. The highest BCUT2D eigenvalue weighted by molar-refractivity contribution is 5.77. The quantitative estimate of drug-likeness (QED) is 0.803. The third kappa shape index (κ3) is 3.55. The second kappa shape index (κ2) is 7.14. The fourth-order valence-electron chi connectivity index (χ4n) is 2.80. The van der Waals surface area contributed by atoms with Crippen molar-refractivity contribution in [2.45, 2.75) is 18.7 Å². The first kappa shape index (κ1) is 16.0. The topological polar surface area (TPSA) is 87.7 Å². The zero-order chi connectivity index (χ0) is 16.9. The van der Waals surface area contributed by atoms with E-state index in [9.17, 15) is 14.7 Å². The molecule has 0 fully saturated rings. The maximum absolute atomic E-state index is 12.0. The average Bonchev–Trinajstić information content (AvgIpc) is 2.61. The van der Waals surface area contributed by atoms with Crippen molar-refractivity contribution in [1.29, 1.82) is 0 Å². The molecule has 0 aromatic heterocycles. The van der Waals surface area contributed by atoms with Crippen LogP contribution in [-0.4, -0.2) is 23.7 Å². The largest absolute Gasteiger partial charge is 0.480 e. The van der Waals surface area contributed by atoms with Gasteiger partial charge in [-0.15, -0.1) is 0 Å². The number of nitrogens with one attached hydrogen (secondary N) is 2. The molecule has 124 valence electrons. The number of rotatable bonds is 4. The van der Waals surface area contributed by atoms with E-state index in [1.54, 1.807) is 12.1 Å². The van der Waals surface area contributed by atoms with Gasteiger partial charge in [0.25, 0.3) is 0 Å². The van der Waals surface area contributed by atoms with Gasteiger partial charge in [0.2, 0.25) is 0 Å². The van der Waals surface area contributed by atoms with E-state index in [1.807, 2.05) is 42.5 Å². The van der Waals surface area contributed by atoms with Crippen molar-refractivity contribution < 1.29 is 19.4 Å². The molecule has 2 atom stereocenters. The zero-order valence-corrected chi connectivity index (χ0v) is 12.9. The number of benzene rings is 2. The number of carboxylic acids is 1. The first-order chi connectivity index (χ1) is 11.6. The van der Waals surface area contributed by atoms with Crippen LogP contribution in [0.25, 0.3) is 0 Å². The molecule has 2 aromatic rings. The third-order valence-electron chi connectivity index (χ3n) is 3.96. The van der Waals surface area contributed by atoms with Crippen LogP contribution in [0.15, 0.2) is 54.6 Å². The van der Waals surface area contributed by atoms with E-state index in [2.05, 4.69) is 10.6 Å². The summed E-state index contributed by atoms with van der Waals surface area (Å²) in [5, 5.41) is 15.0. The van der Waals surface area contributed by atoms with Gasteiger partial charge in [-0.25, -0.2) is 4.79 Å². The number of fused-ring (bicyclic) bond motifs is 1. The fraction of sp³-hybridized carbons (Fsp3) is 0.222. The fourth-order valence-corrected chi connectivity index (χ4v) is 2.80. The van der Waals surface area contributed by atoms with E-state index in [0.717, 1.165) is 11.1 Å². The highest BCUT2D eigenvalue weighted by Crippen LogP contribution is 2.28. The van der Waals surface area contributed by atoms with Gasteiger partial charge in [-0.3, -0.25) is 10.1 Å². The van der Waals surface area contributed by atoms with Crippen molar-refractivity contribution in [2.75, 3.05) is 6.54 Å². The summed E-state index contributed by atoms with van der Waals surface area (Å²) < 4.78 is 5.23. The molecule has 6 heteroatoms. The summed E-state index contributed by atoms with van der Waals surface area (Å²) in [6, 6.07) is 15.5. The molecule has 1 aliphatic rings. The lowest BCUT2D eigenvalue weighted by Crippen LogP contribution is -2.44. The summed E-state index contributed by atoms with van der Waals surface area (Å²) in [7, 11) is 0. The molecular formula is C18H18N2O4. The number of alkyl carbamates (subject to hydrolysis) is 1. The van der Waals surface area contributed by atoms with Crippen LogP contribution in [0.2, 0.25) is 0 Å². The molecular weight excluding hydrogens is 308 g/mol. The normalized spacial score (nSPS) is 19.2. The number of aliphatic carboxylic acids is 1. The minimum absolute atomic E-state index is 0.187. The van der Waals surface area contributed by atoms with Crippen molar-refractivity contribution in [3.8, 4) is 0 Å². The number of hydrogen-bond donors (Lipinski definition) is 3. The lowest BCUT2D eigenvalue weighted by atomic mass is 9.91. The van der Waals surface area contributed by atoms with Gasteiger partial charge in [0.15, 0.2) is 0 Å². The van der Waals surface area contributed by atoms with Crippen LogP contribution in [0.1, 0.15) is 28.8 Å².